The van der Waals surface area contributed by atoms with Crippen LogP contribution in [-0.4, -0.2) is 51.6 Å². The van der Waals surface area contributed by atoms with Crippen LogP contribution in [0.15, 0.2) is 66.7 Å². The molecule has 0 spiro atoms. The molecule has 0 aliphatic heterocycles. The van der Waals surface area contributed by atoms with E-state index in [1.807, 2.05) is 54.6 Å². The number of hydrogen-bond donors (Lipinski definition) is 3. The Kier molecular flexibility index (Phi) is 8.30. The number of aromatic amines is 1. The Bertz CT molecular complexity index is 1320. The van der Waals surface area contributed by atoms with E-state index in [2.05, 4.69) is 20.7 Å². The van der Waals surface area contributed by atoms with Crippen molar-refractivity contribution < 1.29 is 19.4 Å². The molecule has 186 valence electrons. The summed E-state index contributed by atoms with van der Waals surface area (Å²) in [7, 11) is 0. The lowest BCUT2D eigenvalue weighted by atomic mass is 9.94. The summed E-state index contributed by atoms with van der Waals surface area (Å²) in [5, 5.41) is 23.5. The first-order valence-corrected chi connectivity index (χ1v) is 12.1. The number of aliphatic hydroxyl groups excluding tert-OH is 1. The zero-order valence-corrected chi connectivity index (χ0v) is 20.5. The minimum Gasteiger partial charge on any atom is -0.466 e. The van der Waals surface area contributed by atoms with E-state index in [9.17, 15) is 14.7 Å². The van der Waals surface area contributed by atoms with Gasteiger partial charge in [-0.3, -0.25) is 14.7 Å². The summed E-state index contributed by atoms with van der Waals surface area (Å²) in [6.07, 6.45) is 0.668. The van der Waals surface area contributed by atoms with Crippen molar-refractivity contribution >= 4 is 34.5 Å². The van der Waals surface area contributed by atoms with Gasteiger partial charge in [0.1, 0.15) is 5.52 Å². The molecule has 3 N–H and O–H groups in total. The second kappa shape index (κ2) is 11.8. The van der Waals surface area contributed by atoms with Crippen molar-refractivity contribution in [2.75, 3.05) is 13.2 Å². The number of amides is 1. The number of carbonyl (C=O) groups excluding carboxylic acids is 2. The highest BCUT2D eigenvalue weighted by Gasteiger charge is 2.26. The smallest absolute Gasteiger partial charge is 0.311 e. The fourth-order valence-corrected chi connectivity index (χ4v) is 4.36. The summed E-state index contributed by atoms with van der Waals surface area (Å²) >= 11 is 6.27. The van der Waals surface area contributed by atoms with Gasteiger partial charge >= 0.3 is 5.97 Å². The van der Waals surface area contributed by atoms with E-state index in [1.54, 1.807) is 13.0 Å². The molecule has 0 fully saturated rings. The lowest BCUT2D eigenvalue weighted by molar-refractivity contribution is -0.149. The number of H-pyrrole nitrogens is 1. The Hall–Kier alpha value is -3.75. The summed E-state index contributed by atoms with van der Waals surface area (Å²) in [4.78, 5) is 25.5. The van der Waals surface area contributed by atoms with Gasteiger partial charge in [0, 0.05) is 11.6 Å². The van der Waals surface area contributed by atoms with E-state index in [0.29, 0.717) is 28.0 Å². The number of halogens is 1. The van der Waals surface area contributed by atoms with Gasteiger partial charge in [-0.2, -0.15) is 0 Å². The molecule has 2 atom stereocenters. The topological polar surface area (TPSA) is 117 Å². The van der Waals surface area contributed by atoms with E-state index in [-0.39, 0.29) is 25.5 Å². The molecule has 1 amide bonds. The Morgan fingerprint density at radius 2 is 1.81 bits per heavy atom. The summed E-state index contributed by atoms with van der Waals surface area (Å²) < 4.78 is 5.11. The van der Waals surface area contributed by atoms with Crippen LogP contribution in [-0.2, 0) is 16.0 Å². The zero-order chi connectivity index (χ0) is 25.5. The summed E-state index contributed by atoms with van der Waals surface area (Å²) in [6, 6.07) is 20.8. The molecule has 1 aromatic heterocycles. The van der Waals surface area contributed by atoms with Gasteiger partial charge in [0.2, 0.25) is 0 Å². The van der Waals surface area contributed by atoms with Crippen LogP contribution in [0, 0.1) is 5.92 Å². The highest BCUT2D eigenvalue weighted by molar-refractivity contribution is 6.35. The number of fused-ring (bicyclic) bond motifs is 1. The first-order valence-electron chi connectivity index (χ1n) is 11.7. The molecular formula is C27H27ClN4O4. The molecular weight excluding hydrogens is 480 g/mol. The number of rotatable bonds is 10. The van der Waals surface area contributed by atoms with Crippen LogP contribution < -0.4 is 5.32 Å². The lowest BCUT2D eigenvalue weighted by Crippen LogP contribution is -2.40. The summed E-state index contributed by atoms with van der Waals surface area (Å²) in [5.41, 5.74) is 4.52. The van der Waals surface area contributed by atoms with Crippen molar-refractivity contribution in [1.82, 2.24) is 20.7 Å². The molecule has 4 rings (SSSR count). The first kappa shape index (κ1) is 25.3. The van der Waals surface area contributed by atoms with Gasteiger partial charge in [-0.1, -0.05) is 71.4 Å². The van der Waals surface area contributed by atoms with Crippen molar-refractivity contribution in [2.45, 2.75) is 25.8 Å². The number of ether oxygens (including phenoxy) is 1. The Balaban J connectivity index is 1.55. The molecule has 1 heterocycles. The van der Waals surface area contributed by atoms with Crippen LogP contribution in [0.1, 0.15) is 29.3 Å². The highest BCUT2D eigenvalue weighted by Crippen LogP contribution is 2.23. The summed E-state index contributed by atoms with van der Waals surface area (Å²) in [5.74, 6) is -1.62. The second-order valence-electron chi connectivity index (χ2n) is 8.47. The molecule has 0 aliphatic carbocycles. The van der Waals surface area contributed by atoms with Crippen molar-refractivity contribution in [3.05, 3.63) is 82.9 Å². The number of carbonyl (C=O) groups is 2. The van der Waals surface area contributed by atoms with Crippen LogP contribution in [0.3, 0.4) is 0 Å². The van der Waals surface area contributed by atoms with E-state index in [4.69, 9.17) is 16.3 Å². The average molecular weight is 507 g/mol. The maximum Gasteiger partial charge on any atom is 0.311 e. The number of aliphatic hydroxyl groups is 1. The molecule has 0 radical (unpaired) electrons. The Labute approximate surface area is 213 Å². The van der Waals surface area contributed by atoms with E-state index < -0.39 is 17.9 Å². The number of aromatic nitrogens is 3. The third kappa shape index (κ3) is 6.08. The van der Waals surface area contributed by atoms with Crippen LogP contribution in [0.2, 0.25) is 5.02 Å². The normalized spacial score (nSPS) is 12.8. The number of esters is 1. The fraction of sp³-hybridized carbons (Fsp3) is 0.259. The van der Waals surface area contributed by atoms with E-state index in [1.165, 1.54) is 6.07 Å². The number of nitrogens with zero attached hydrogens (tertiary/aromatic N) is 2. The summed E-state index contributed by atoms with van der Waals surface area (Å²) in [6.45, 7) is 1.55. The molecule has 0 aliphatic rings. The lowest BCUT2D eigenvalue weighted by Gasteiger charge is -2.23. The molecule has 4 aromatic rings. The van der Waals surface area contributed by atoms with Crippen molar-refractivity contribution in [1.29, 1.82) is 0 Å². The van der Waals surface area contributed by atoms with E-state index >= 15 is 0 Å². The third-order valence-electron chi connectivity index (χ3n) is 5.93. The standard InChI is InChI=1S/C27H27ClN4O4/c1-2-36-27(35)21(16-33)13-22(12-17-8-10-19(11-9-17)18-6-4-3-5-7-18)29-26(34)20-14-23(28)25-24(15-20)30-32-31-25/h3-11,14-15,21-22,33H,2,12-13,16H2,1H3,(H,29,34)(H,30,31,32)/t21-,22?/m1/s1. The van der Waals surface area contributed by atoms with Gasteiger partial charge in [0.25, 0.3) is 5.91 Å². The fourth-order valence-electron chi connectivity index (χ4n) is 4.11. The SMILES string of the molecule is CCOC(=O)[C@@H](CO)CC(Cc1ccc(-c2ccccc2)cc1)NC(=O)c1cc(Cl)c2nn[nH]c2c1. The number of hydrogen-bond acceptors (Lipinski definition) is 6. The molecule has 36 heavy (non-hydrogen) atoms. The van der Waals surface area contributed by atoms with Crippen LogP contribution >= 0.6 is 11.6 Å². The van der Waals surface area contributed by atoms with Gasteiger partial charge in [0.15, 0.2) is 0 Å². The molecule has 8 nitrogen and oxygen atoms in total. The maximum absolute atomic E-state index is 13.2. The minimum absolute atomic E-state index is 0.211. The predicted molar refractivity (Wildman–Crippen MR) is 138 cm³/mol. The molecule has 0 saturated heterocycles. The van der Waals surface area contributed by atoms with Gasteiger partial charge < -0.3 is 15.2 Å². The average Bonchev–Trinajstić information content (AvgIpc) is 3.38. The van der Waals surface area contributed by atoms with Crippen LogP contribution in [0.5, 0.6) is 0 Å². The van der Waals surface area contributed by atoms with Gasteiger partial charge in [-0.15, -0.1) is 5.10 Å². The van der Waals surface area contributed by atoms with Gasteiger partial charge in [-0.25, -0.2) is 0 Å². The van der Waals surface area contributed by atoms with E-state index in [0.717, 1.165) is 16.7 Å². The molecule has 1 unspecified atom stereocenters. The van der Waals surface area contributed by atoms with Crippen molar-refractivity contribution in [3.8, 4) is 11.1 Å². The largest absolute Gasteiger partial charge is 0.466 e. The molecule has 0 saturated carbocycles. The molecule has 3 aromatic carbocycles. The monoisotopic (exact) mass is 506 g/mol. The number of nitrogens with one attached hydrogen (secondary N) is 2. The quantitative estimate of drug-likeness (QED) is 0.278. The molecule has 9 heteroatoms. The molecule has 0 bridgehead atoms. The van der Waals surface area contributed by atoms with Crippen LogP contribution in [0.25, 0.3) is 22.2 Å². The van der Waals surface area contributed by atoms with Crippen LogP contribution in [0.4, 0.5) is 0 Å². The second-order valence-corrected chi connectivity index (χ2v) is 8.88. The first-order chi connectivity index (χ1) is 17.5. The Morgan fingerprint density at radius 3 is 2.50 bits per heavy atom. The third-order valence-corrected chi connectivity index (χ3v) is 6.22. The van der Waals surface area contributed by atoms with Crippen molar-refractivity contribution in [2.24, 2.45) is 5.92 Å². The van der Waals surface area contributed by atoms with Gasteiger partial charge in [0.05, 0.1) is 29.7 Å². The highest BCUT2D eigenvalue weighted by atomic mass is 35.5. The zero-order valence-electron chi connectivity index (χ0n) is 19.8. The predicted octanol–water partition coefficient (Wildman–Crippen LogP) is 4.18. The van der Waals surface area contributed by atoms with Gasteiger partial charge in [-0.05, 0) is 48.6 Å². The Morgan fingerprint density at radius 1 is 1.08 bits per heavy atom. The minimum atomic E-state index is -0.762. The maximum atomic E-state index is 13.2. The number of benzene rings is 3. The van der Waals surface area contributed by atoms with Crippen molar-refractivity contribution in [3.63, 3.8) is 0 Å².